The highest BCUT2D eigenvalue weighted by atomic mass is 79.9. The van der Waals surface area contributed by atoms with Crippen LogP contribution in [0, 0.1) is 0 Å². The molecule has 0 saturated carbocycles. The van der Waals surface area contributed by atoms with Crippen LogP contribution < -0.4 is 15.4 Å². The Hall–Kier alpha value is -3.98. The van der Waals surface area contributed by atoms with E-state index in [-0.39, 0.29) is 30.3 Å². The summed E-state index contributed by atoms with van der Waals surface area (Å²) in [4.78, 5) is 26.7. The van der Waals surface area contributed by atoms with Crippen molar-refractivity contribution >= 4 is 27.8 Å². The molecular formula is C37H39BrN2O5. The Labute approximate surface area is 273 Å². The second kappa shape index (κ2) is 16.4. The minimum atomic E-state index is -0.826. The van der Waals surface area contributed by atoms with Crippen LogP contribution in [0.3, 0.4) is 0 Å². The van der Waals surface area contributed by atoms with E-state index in [1.165, 1.54) is 7.11 Å². The Morgan fingerprint density at radius 1 is 0.844 bits per heavy atom. The number of hydrogen-bond acceptors (Lipinski definition) is 6. The van der Waals surface area contributed by atoms with E-state index >= 15 is 0 Å². The third-order valence-corrected chi connectivity index (χ3v) is 8.58. The third-order valence-electron chi connectivity index (χ3n) is 8.05. The first kappa shape index (κ1) is 32.4. The van der Waals surface area contributed by atoms with Crippen LogP contribution in [0.1, 0.15) is 34.6 Å². The number of alkyl carbamates (subject to hydrolysis) is 1. The predicted molar refractivity (Wildman–Crippen MR) is 179 cm³/mol. The molecule has 0 aromatic heterocycles. The summed E-state index contributed by atoms with van der Waals surface area (Å²) in [7, 11) is 1.31. The number of amides is 1. The van der Waals surface area contributed by atoms with E-state index in [0.29, 0.717) is 6.61 Å². The normalized spacial score (nSPS) is 17.0. The molecule has 0 bridgehead atoms. The van der Waals surface area contributed by atoms with E-state index in [2.05, 4.69) is 32.6 Å². The van der Waals surface area contributed by atoms with Crippen molar-refractivity contribution in [2.24, 2.45) is 0 Å². The number of aryl methyl sites for hydroxylation is 1. The van der Waals surface area contributed by atoms with Crippen LogP contribution in [0.2, 0.25) is 0 Å². The van der Waals surface area contributed by atoms with Gasteiger partial charge >= 0.3 is 6.09 Å². The van der Waals surface area contributed by atoms with E-state index in [4.69, 9.17) is 14.2 Å². The molecule has 0 unspecified atom stereocenters. The molecule has 3 atom stereocenters. The lowest BCUT2D eigenvalue weighted by molar-refractivity contribution is -0.120. The van der Waals surface area contributed by atoms with Crippen molar-refractivity contribution in [3.63, 3.8) is 0 Å². The minimum absolute atomic E-state index is 0.0234. The van der Waals surface area contributed by atoms with Crippen LogP contribution in [0.25, 0.3) is 0 Å². The molecule has 234 valence electrons. The van der Waals surface area contributed by atoms with Crippen LogP contribution in [-0.4, -0.2) is 56.9 Å². The number of rotatable bonds is 13. The Bertz CT molecular complexity index is 1480. The number of carbonyl (C=O) groups excluding carboxylic acids is 2. The highest BCUT2D eigenvalue weighted by Gasteiger charge is 2.33. The van der Waals surface area contributed by atoms with Gasteiger partial charge < -0.3 is 24.8 Å². The topological polar surface area (TPSA) is 85.9 Å². The zero-order valence-corrected chi connectivity index (χ0v) is 26.9. The number of ether oxygens (including phenoxy) is 3. The summed E-state index contributed by atoms with van der Waals surface area (Å²) in [5, 5.41) is 6.34. The molecule has 1 aliphatic rings. The number of methoxy groups -OCH3 is 1. The van der Waals surface area contributed by atoms with Gasteiger partial charge in [0.2, 0.25) is 0 Å². The van der Waals surface area contributed by atoms with Crippen molar-refractivity contribution < 1.29 is 23.8 Å². The molecule has 45 heavy (non-hydrogen) atoms. The van der Waals surface area contributed by atoms with E-state index in [1.807, 2.05) is 103 Å². The third kappa shape index (κ3) is 9.26. The van der Waals surface area contributed by atoms with E-state index in [0.717, 1.165) is 58.4 Å². The summed E-state index contributed by atoms with van der Waals surface area (Å²) < 4.78 is 18.3. The molecule has 4 aromatic carbocycles. The van der Waals surface area contributed by atoms with Crippen molar-refractivity contribution in [1.29, 1.82) is 0 Å². The summed E-state index contributed by atoms with van der Waals surface area (Å²) >= 11 is 3.45. The standard InChI is InChI=1S/C37H39BrN2O5/c1-43-37(42)40-36(35(27-11-4-2-5-12-27)28-13-6-3-7-14-28)34(41)22-29-15-9-8-10-26(29)16-19-32-23-39-24-33(45-32)25-44-31-20-17-30(38)18-21-31/h2-15,17-18,20-21,32-33,35-36,39H,16,19,22-25H2,1H3,(H,40,42)/t32-,33+,36-/m1/s1. The quantitative estimate of drug-likeness (QED) is 0.169. The van der Waals surface area contributed by atoms with Crippen molar-refractivity contribution in [3.05, 3.63) is 136 Å². The number of benzene rings is 4. The van der Waals surface area contributed by atoms with Gasteiger partial charge in [0, 0.05) is 29.9 Å². The van der Waals surface area contributed by atoms with Gasteiger partial charge in [0.25, 0.3) is 0 Å². The summed E-state index contributed by atoms with van der Waals surface area (Å²) in [6.45, 7) is 1.96. The van der Waals surface area contributed by atoms with E-state index < -0.39 is 12.1 Å². The largest absolute Gasteiger partial charge is 0.491 e. The molecule has 5 rings (SSSR count). The molecule has 7 nitrogen and oxygen atoms in total. The molecule has 1 heterocycles. The van der Waals surface area contributed by atoms with Crippen molar-refractivity contribution in [2.45, 2.75) is 43.4 Å². The number of Topliss-reactive ketones (excluding diaryl/α,β-unsaturated/α-hetero) is 1. The van der Waals surface area contributed by atoms with E-state index in [9.17, 15) is 9.59 Å². The molecule has 0 aliphatic carbocycles. The SMILES string of the molecule is COC(=O)N[C@H](C(=O)Cc1ccccc1CC[C@@H]1CNC[C@@H](COc2ccc(Br)cc2)O1)C(c1ccccc1)c1ccccc1. The zero-order chi connectivity index (χ0) is 31.4. The lowest BCUT2D eigenvalue weighted by Crippen LogP contribution is -2.47. The second-order valence-corrected chi connectivity index (χ2v) is 12.1. The van der Waals surface area contributed by atoms with Gasteiger partial charge in [0.15, 0.2) is 5.78 Å². The number of morpholine rings is 1. The molecule has 1 aliphatic heterocycles. The van der Waals surface area contributed by atoms with Gasteiger partial charge in [0.1, 0.15) is 24.5 Å². The van der Waals surface area contributed by atoms with Crippen LogP contribution in [0.5, 0.6) is 5.75 Å². The maximum atomic E-state index is 14.1. The van der Waals surface area contributed by atoms with Gasteiger partial charge in [-0.3, -0.25) is 4.79 Å². The van der Waals surface area contributed by atoms with Gasteiger partial charge in [-0.1, -0.05) is 101 Å². The molecule has 2 N–H and O–H groups in total. The Morgan fingerprint density at radius 2 is 1.44 bits per heavy atom. The summed E-state index contributed by atoms with van der Waals surface area (Å²) in [5.74, 6) is 0.333. The summed E-state index contributed by atoms with van der Waals surface area (Å²) in [6, 6.07) is 34.6. The van der Waals surface area contributed by atoms with Gasteiger partial charge in [-0.05, 0) is 59.4 Å². The average Bonchev–Trinajstić information content (AvgIpc) is 3.08. The lowest BCUT2D eigenvalue weighted by atomic mass is 9.81. The van der Waals surface area contributed by atoms with Gasteiger partial charge in [-0.2, -0.15) is 0 Å². The van der Waals surface area contributed by atoms with Gasteiger partial charge in [-0.15, -0.1) is 0 Å². The van der Waals surface area contributed by atoms with Crippen molar-refractivity contribution in [3.8, 4) is 5.75 Å². The maximum absolute atomic E-state index is 14.1. The smallest absolute Gasteiger partial charge is 0.407 e. The summed E-state index contributed by atoms with van der Waals surface area (Å²) in [6.07, 6.45) is 1.06. The zero-order valence-electron chi connectivity index (χ0n) is 25.4. The highest BCUT2D eigenvalue weighted by molar-refractivity contribution is 9.10. The number of nitrogens with one attached hydrogen (secondary N) is 2. The molecule has 1 saturated heterocycles. The van der Waals surface area contributed by atoms with Gasteiger partial charge in [0.05, 0.1) is 13.2 Å². The first-order chi connectivity index (χ1) is 22.0. The molecular weight excluding hydrogens is 632 g/mol. The molecule has 0 spiro atoms. The Balaban J connectivity index is 1.27. The number of hydrogen-bond donors (Lipinski definition) is 2. The fraction of sp³-hybridized carbons (Fsp3) is 0.297. The van der Waals surface area contributed by atoms with Crippen molar-refractivity contribution in [1.82, 2.24) is 10.6 Å². The number of carbonyl (C=O) groups is 2. The fourth-order valence-corrected chi connectivity index (χ4v) is 6.05. The number of halogens is 1. The first-order valence-corrected chi connectivity index (χ1v) is 16.1. The fourth-order valence-electron chi connectivity index (χ4n) is 5.78. The van der Waals surface area contributed by atoms with Crippen molar-refractivity contribution in [2.75, 3.05) is 26.8 Å². The molecule has 4 aromatic rings. The highest BCUT2D eigenvalue weighted by Crippen LogP contribution is 2.30. The molecule has 8 heteroatoms. The first-order valence-electron chi connectivity index (χ1n) is 15.3. The van der Waals surface area contributed by atoms with Crippen LogP contribution >= 0.6 is 15.9 Å². The monoisotopic (exact) mass is 670 g/mol. The van der Waals surface area contributed by atoms with Gasteiger partial charge in [-0.25, -0.2) is 4.79 Å². The molecule has 1 fully saturated rings. The van der Waals surface area contributed by atoms with E-state index in [1.54, 1.807) is 0 Å². The Kier molecular flexibility index (Phi) is 11.8. The molecule has 0 radical (unpaired) electrons. The predicted octanol–water partition coefficient (Wildman–Crippen LogP) is 6.49. The second-order valence-electron chi connectivity index (χ2n) is 11.2. The Morgan fingerprint density at radius 3 is 2.09 bits per heavy atom. The average molecular weight is 672 g/mol. The van der Waals surface area contributed by atoms with Crippen LogP contribution in [0.15, 0.2) is 114 Å². The minimum Gasteiger partial charge on any atom is -0.491 e. The molecule has 1 amide bonds. The maximum Gasteiger partial charge on any atom is 0.407 e. The number of ketones is 1. The lowest BCUT2D eigenvalue weighted by Gasteiger charge is -2.31. The van der Waals surface area contributed by atoms with Crippen LogP contribution in [-0.2, 0) is 27.1 Å². The van der Waals surface area contributed by atoms with Crippen LogP contribution in [0.4, 0.5) is 4.79 Å². The summed E-state index contributed by atoms with van der Waals surface area (Å²) in [5.41, 5.74) is 3.91.